The Bertz CT molecular complexity index is 556. The molecule has 1 amide bonds. The van der Waals surface area contributed by atoms with Crippen LogP contribution in [0.4, 0.5) is 10.1 Å². The standard InChI is InChI=1S/C14H17FN4O/c1-10(15)17-18-12-9-14(20)19(8-4-7-16)13-6-3-2-5-11(12)13/h2-3,5-6,17H,1,4,7-9,16H2/b18-12+. The number of carbonyl (C=O) groups is 1. The van der Waals surface area contributed by atoms with Crippen molar-refractivity contribution in [2.24, 2.45) is 10.8 Å². The number of hydrogen-bond donors (Lipinski definition) is 2. The zero-order valence-corrected chi connectivity index (χ0v) is 11.1. The molecule has 1 heterocycles. The third kappa shape index (κ3) is 3.03. The van der Waals surface area contributed by atoms with Gasteiger partial charge in [0.05, 0.1) is 17.8 Å². The van der Waals surface area contributed by atoms with Crippen LogP contribution >= 0.6 is 0 Å². The summed E-state index contributed by atoms with van der Waals surface area (Å²) in [5.41, 5.74) is 9.77. The SMILES string of the molecule is C=C(F)N/N=C1\CC(=O)N(CCCN)c2ccccc21. The number of fused-ring (bicyclic) bond motifs is 1. The summed E-state index contributed by atoms with van der Waals surface area (Å²) in [7, 11) is 0. The highest BCUT2D eigenvalue weighted by atomic mass is 19.1. The maximum Gasteiger partial charge on any atom is 0.233 e. The smallest absolute Gasteiger partial charge is 0.233 e. The summed E-state index contributed by atoms with van der Waals surface area (Å²) in [5, 5.41) is 3.91. The number of para-hydroxylation sites is 1. The molecule has 20 heavy (non-hydrogen) atoms. The average molecular weight is 276 g/mol. The molecule has 5 nitrogen and oxygen atoms in total. The van der Waals surface area contributed by atoms with Crippen molar-refractivity contribution in [2.45, 2.75) is 12.8 Å². The van der Waals surface area contributed by atoms with Crippen molar-refractivity contribution in [3.05, 3.63) is 42.4 Å². The largest absolute Gasteiger partial charge is 0.330 e. The highest BCUT2D eigenvalue weighted by Gasteiger charge is 2.27. The van der Waals surface area contributed by atoms with E-state index >= 15 is 0 Å². The van der Waals surface area contributed by atoms with Crippen molar-refractivity contribution >= 4 is 17.3 Å². The van der Waals surface area contributed by atoms with Gasteiger partial charge in [0.2, 0.25) is 5.91 Å². The van der Waals surface area contributed by atoms with Gasteiger partial charge in [0.15, 0.2) is 5.95 Å². The van der Waals surface area contributed by atoms with Crippen LogP contribution in [-0.2, 0) is 4.79 Å². The minimum absolute atomic E-state index is 0.0674. The normalized spacial score (nSPS) is 16.2. The van der Waals surface area contributed by atoms with E-state index in [0.29, 0.717) is 18.8 Å². The van der Waals surface area contributed by atoms with Gasteiger partial charge in [-0.15, -0.1) is 0 Å². The van der Waals surface area contributed by atoms with Gasteiger partial charge in [0.1, 0.15) is 0 Å². The average Bonchev–Trinajstić information content (AvgIpc) is 2.44. The van der Waals surface area contributed by atoms with E-state index in [1.165, 1.54) is 0 Å². The van der Waals surface area contributed by atoms with Crippen LogP contribution in [0.15, 0.2) is 41.9 Å². The first-order chi connectivity index (χ1) is 9.63. The maximum absolute atomic E-state index is 12.7. The summed E-state index contributed by atoms with van der Waals surface area (Å²) >= 11 is 0. The molecule has 6 heteroatoms. The summed E-state index contributed by atoms with van der Waals surface area (Å²) in [6.07, 6.45) is 0.855. The number of halogens is 1. The van der Waals surface area contributed by atoms with E-state index in [1.54, 1.807) is 4.90 Å². The highest BCUT2D eigenvalue weighted by molar-refractivity contribution is 6.21. The zero-order valence-electron chi connectivity index (χ0n) is 11.1. The molecule has 106 valence electrons. The molecule has 0 bridgehead atoms. The first-order valence-electron chi connectivity index (χ1n) is 6.40. The predicted octanol–water partition coefficient (Wildman–Crippen LogP) is 1.51. The van der Waals surface area contributed by atoms with Gasteiger partial charge >= 0.3 is 0 Å². The van der Waals surface area contributed by atoms with Gasteiger partial charge in [-0.05, 0) is 25.6 Å². The van der Waals surface area contributed by atoms with Gasteiger partial charge in [0, 0.05) is 12.1 Å². The van der Waals surface area contributed by atoms with E-state index < -0.39 is 5.95 Å². The molecule has 1 aliphatic rings. The van der Waals surface area contributed by atoms with Crippen LogP contribution in [0.25, 0.3) is 0 Å². The first-order valence-corrected chi connectivity index (χ1v) is 6.40. The molecule has 0 atom stereocenters. The molecule has 0 unspecified atom stereocenters. The van der Waals surface area contributed by atoms with E-state index in [1.807, 2.05) is 24.3 Å². The zero-order chi connectivity index (χ0) is 14.5. The van der Waals surface area contributed by atoms with Crippen LogP contribution < -0.4 is 16.1 Å². The lowest BCUT2D eigenvalue weighted by atomic mass is 9.99. The Morgan fingerprint density at radius 3 is 2.95 bits per heavy atom. The Kier molecular flexibility index (Phi) is 4.47. The fourth-order valence-corrected chi connectivity index (χ4v) is 2.14. The predicted molar refractivity (Wildman–Crippen MR) is 77.0 cm³/mol. The molecular formula is C14H17FN4O. The van der Waals surface area contributed by atoms with Gasteiger partial charge < -0.3 is 10.6 Å². The summed E-state index contributed by atoms with van der Waals surface area (Å²) < 4.78 is 12.7. The molecule has 0 radical (unpaired) electrons. The highest BCUT2D eigenvalue weighted by Crippen LogP contribution is 2.28. The summed E-state index contributed by atoms with van der Waals surface area (Å²) in [6.45, 7) is 4.17. The monoisotopic (exact) mass is 276 g/mol. The van der Waals surface area contributed by atoms with Crippen molar-refractivity contribution in [1.29, 1.82) is 0 Å². The number of rotatable bonds is 5. The number of amides is 1. The molecule has 3 N–H and O–H groups in total. The second-order valence-corrected chi connectivity index (χ2v) is 4.46. The lowest BCUT2D eigenvalue weighted by Crippen LogP contribution is -2.39. The summed E-state index contributed by atoms with van der Waals surface area (Å²) in [4.78, 5) is 13.9. The van der Waals surface area contributed by atoms with Crippen LogP contribution in [0, 0.1) is 0 Å². The maximum atomic E-state index is 12.7. The third-order valence-corrected chi connectivity index (χ3v) is 3.02. The Hall–Kier alpha value is -2.21. The molecule has 0 saturated heterocycles. The van der Waals surface area contributed by atoms with E-state index in [9.17, 15) is 9.18 Å². The number of nitrogens with zero attached hydrogens (tertiary/aromatic N) is 2. The van der Waals surface area contributed by atoms with E-state index in [-0.39, 0.29) is 12.3 Å². The second-order valence-electron chi connectivity index (χ2n) is 4.46. The molecule has 1 aromatic rings. The van der Waals surface area contributed by atoms with Crippen molar-refractivity contribution in [2.75, 3.05) is 18.0 Å². The van der Waals surface area contributed by atoms with Crippen molar-refractivity contribution in [1.82, 2.24) is 5.43 Å². The molecule has 1 aromatic carbocycles. The van der Waals surface area contributed by atoms with Crippen LogP contribution in [0.1, 0.15) is 18.4 Å². The quantitative estimate of drug-likeness (QED) is 0.632. The Morgan fingerprint density at radius 1 is 1.50 bits per heavy atom. The number of anilines is 1. The van der Waals surface area contributed by atoms with Gasteiger partial charge in [-0.1, -0.05) is 18.2 Å². The Labute approximate surface area is 116 Å². The van der Waals surface area contributed by atoms with Gasteiger partial charge in [0.25, 0.3) is 0 Å². The van der Waals surface area contributed by atoms with E-state index in [2.05, 4.69) is 17.1 Å². The van der Waals surface area contributed by atoms with Crippen LogP contribution in [0.2, 0.25) is 0 Å². The number of nitrogens with two attached hydrogens (primary N) is 1. The Balaban J connectivity index is 2.35. The van der Waals surface area contributed by atoms with Crippen LogP contribution in [0.5, 0.6) is 0 Å². The molecule has 0 spiro atoms. The van der Waals surface area contributed by atoms with Gasteiger partial charge in [-0.3, -0.25) is 10.2 Å². The van der Waals surface area contributed by atoms with Crippen LogP contribution in [0.3, 0.4) is 0 Å². The lowest BCUT2D eigenvalue weighted by Gasteiger charge is -2.30. The van der Waals surface area contributed by atoms with Crippen molar-refractivity contribution in [3.63, 3.8) is 0 Å². The first kappa shape index (κ1) is 14.2. The molecule has 0 saturated carbocycles. The van der Waals surface area contributed by atoms with Gasteiger partial charge in [-0.2, -0.15) is 9.49 Å². The Morgan fingerprint density at radius 2 is 2.25 bits per heavy atom. The molecule has 1 aliphatic heterocycles. The number of hydrazone groups is 1. The molecule has 0 fully saturated rings. The van der Waals surface area contributed by atoms with E-state index in [0.717, 1.165) is 17.7 Å². The third-order valence-electron chi connectivity index (χ3n) is 3.02. The van der Waals surface area contributed by atoms with E-state index in [4.69, 9.17) is 5.73 Å². The molecule has 2 rings (SSSR count). The van der Waals surface area contributed by atoms with Gasteiger partial charge in [-0.25, -0.2) is 0 Å². The molecular weight excluding hydrogens is 259 g/mol. The molecule has 0 aromatic heterocycles. The topological polar surface area (TPSA) is 70.7 Å². The summed E-state index contributed by atoms with van der Waals surface area (Å²) in [6, 6.07) is 7.42. The second kappa shape index (κ2) is 6.29. The number of carbonyl (C=O) groups excluding carboxylic acids is 1. The van der Waals surface area contributed by atoms with Crippen LogP contribution in [-0.4, -0.2) is 24.7 Å². The van der Waals surface area contributed by atoms with Crippen molar-refractivity contribution < 1.29 is 9.18 Å². The fraction of sp³-hybridized carbons (Fsp3) is 0.286. The number of benzene rings is 1. The number of nitrogens with one attached hydrogen (secondary N) is 1. The number of hydrogen-bond acceptors (Lipinski definition) is 4. The molecule has 0 aliphatic carbocycles. The van der Waals surface area contributed by atoms with Crippen molar-refractivity contribution in [3.8, 4) is 0 Å². The minimum atomic E-state index is -0.756. The lowest BCUT2D eigenvalue weighted by molar-refractivity contribution is -0.117. The minimum Gasteiger partial charge on any atom is -0.330 e. The fourth-order valence-electron chi connectivity index (χ4n) is 2.14. The summed E-state index contributed by atoms with van der Waals surface area (Å²) in [5.74, 6) is -0.824.